The second kappa shape index (κ2) is 11.1. The summed E-state index contributed by atoms with van der Waals surface area (Å²) in [5, 5.41) is -0.225. The third-order valence-electron chi connectivity index (χ3n) is 5.55. The average molecular weight is 519 g/mol. The molecule has 35 heavy (non-hydrogen) atoms. The molecule has 3 amide bonds. The van der Waals surface area contributed by atoms with Crippen molar-refractivity contribution in [3.63, 3.8) is 0 Å². The lowest BCUT2D eigenvalue weighted by atomic mass is 10.1. The topological polar surface area (TPSA) is 76.2 Å². The molecule has 2 aromatic rings. The number of halogens is 2. The van der Waals surface area contributed by atoms with E-state index < -0.39 is 11.1 Å². The van der Waals surface area contributed by atoms with E-state index in [1.165, 1.54) is 12.1 Å². The first-order valence-electron chi connectivity index (χ1n) is 11.2. The fourth-order valence-corrected chi connectivity index (χ4v) is 4.91. The van der Waals surface area contributed by atoms with Gasteiger partial charge in [0.1, 0.15) is 19.0 Å². The Morgan fingerprint density at radius 3 is 2.54 bits per heavy atom. The van der Waals surface area contributed by atoms with Crippen LogP contribution in [0.3, 0.4) is 0 Å². The number of rotatable bonds is 8. The van der Waals surface area contributed by atoms with Crippen LogP contribution in [-0.2, 0) is 16.2 Å². The van der Waals surface area contributed by atoms with Gasteiger partial charge in [0.25, 0.3) is 11.1 Å². The first kappa shape index (κ1) is 25.1. The quantitative estimate of drug-likeness (QED) is 0.452. The van der Waals surface area contributed by atoms with Gasteiger partial charge < -0.3 is 14.4 Å². The van der Waals surface area contributed by atoms with Crippen molar-refractivity contribution >= 4 is 46.5 Å². The first-order chi connectivity index (χ1) is 16.9. The Labute approximate surface area is 211 Å². The highest BCUT2D eigenvalue weighted by Crippen LogP contribution is 2.39. The molecule has 10 heteroatoms. The number of nitrogens with zero attached hydrogens (tertiary/aromatic N) is 2. The van der Waals surface area contributed by atoms with Crippen LogP contribution >= 0.6 is 23.4 Å². The average Bonchev–Trinajstić information content (AvgIpc) is 3.45. The van der Waals surface area contributed by atoms with Crippen molar-refractivity contribution in [2.75, 3.05) is 26.2 Å². The van der Waals surface area contributed by atoms with Gasteiger partial charge in [-0.1, -0.05) is 23.7 Å². The first-order valence-corrected chi connectivity index (χ1v) is 12.4. The Morgan fingerprint density at radius 1 is 1.14 bits per heavy atom. The van der Waals surface area contributed by atoms with Crippen LogP contribution in [0.4, 0.5) is 9.18 Å². The molecule has 0 unspecified atom stereocenters. The van der Waals surface area contributed by atoms with Gasteiger partial charge in [-0.3, -0.25) is 19.3 Å². The molecule has 184 valence electrons. The molecule has 0 atom stereocenters. The summed E-state index contributed by atoms with van der Waals surface area (Å²) in [5.74, 6) is -0.388. The summed E-state index contributed by atoms with van der Waals surface area (Å²) < 4.78 is 24.7. The molecule has 0 spiro atoms. The number of amides is 3. The lowest BCUT2D eigenvalue weighted by molar-refractivity contribution is -0.135. The second-order valence-corrected chi connectivity index (χ2v) is 9.43. The summed E-state index contributed by atoms with van der Waals surface area (Å²) in [7, 11) is 0. The Morgan fingerprint density at radius 2 is 1.86 bits per heavy atom. The predicted octanol–water partition coefficient (Wildman–Crippen LogP) is 5.12. The third-order valence-corrected chi connectivity index (χ3v) is 6.74. The summed E-state index contributed by atoms with van der Waals surface area (Å²) in [6.45, 7) is 3.36. The SMILES string of the molecule is CCOc1cc(/C=C2/SC(=O)N(CC(=O)N3CCCC3)C2=O)cc(Cl)c1OCc1ccc(F)cc1. The fourth-order valence-electron chi connectivity index (χ4n) is 3.80. The monoisotopic (exact) mass is 518 g/mol. The summed E-state index contributed by atoms with van der Waals surface area (Å²) in [6, 6.07) is 9.19. The van der Waals surface area contributed by atoms with E-state index >= 15 is 0 Å². The van der Waals surface area contributed by atoms with E-state index in [-0.39, 0.29) is 34.8 Å². The summed E-state index contributed by atoms with van der Waals surface area (Å²) in [5.41, 5.74) is 1.30. The molecular weight excluding hydrogens is 495 g/mol. The van der Waals surface area contributed by atoms with E-state index in [4.69, 9.17) is 21.1 Å². The third kappa shape index (κ3) is 5.97. The zero-order valence-electron chi connectivity index (χ0n) is 19.1. The minimum atomic E-state index is -0.515. The minimum Gasteiger partial charge on any atom is -0.490 e. The maximum Gasteiger partial charge on any atom is 0.294 e. The number of likely N-dealkylation sites (tertiary alicyclic amines) is 1. The maximum atomic E-state index is 13.1. The number of carbonyl (C=O) groups is 3. The number of ether oxygens (including phenoxy) is 2. The Balaban J connectivity index is 1.51. The maximum absolute atomic E-state index is 13.1. The van der Waals surface area contributed by atoms with Gasteiger partial charge in [-0.2, -0.15) is 0 Å². The van der Waals surface area contributed by atoms with Crippen LogP contribution in [0.2, 0.25) is 5.02 Å². The standard InChI is InChI=1S/C25H24ClFN2O5S/c1-2-33-20-12-17(11-19(26)23(20)34-15-16-5-7-18(27)8-6-16)13-21-24(31)29(25(32)35-21)14-22(30)28-9-3-4-10-28/h5-8,11-13H,2-4,9-10,14-15H2,1H3/b21-13+. The normalized spacial score (nSPS) is 16.9. The van der Waals surface area contributed by atoms with E-state index in [0.717, 1.165) is 35.1 Å². The van der Waals surface area contributed by atoms with Gasteiger partial charge >= 0.3 is 0 Å². The molecule has 0 saturated carbocycles. The molecule has 2 aliphatic rings. The van der Waals surface area contributed by atoms with Gasteiger partial charge in [0, 0.05) is 13.1 Å². The summed E-state index contributed by atoms with van der Waals surface area (Å²) >= 11 is 7.25. The number of thioether (sulfide) groups is 1. The van der Waals surface area contributed by atoms with Crippen molar-refractivity contribution in [1.29, 1.82) is 0 Å². The van der Waals surface area contributed by atoms with Crippen LogP contribution in [0.15, 0.2) is 41.3 Å². The number of hydrogen-bond acceptors (Lipinski definition) is 6. The lowest BCUT2D eigenvalue weighted by Crippen LogP contribution is -2.40. The summed E-state index contributed by atoms with van der Waals surface area (Å²) in [6.07, 6.45) is 3.41. The Bertz CT molecular complexity index is 1170. The zero-order chi connectivity index (χ0) is 24.9. The number of benzene rings is 2. The highest BCUT2D eigenvalue weighted by molar-refractivity contribution is 8.18. The van der Waals surface area contributed by atoms with Crippen LogP contribution in [0, 0.1) is 5.82 Å². The van der Waals surface area contributed by atoms with E-state index in [1.807, 2.05) is 6.92 Å². The molecule has 0 bridgehead atoms. The van der Waals surface area contributed by atoms with Gasteiger partial charge in [-0.05, 0) is 73.0 Å². The van der Waals surface area contributed by atoms with E-state index in [2.05, 4.69) is 0 Å². The van der Waals surface area contributed by atoms with Gasteiger partial charge in [-0.25, -0.2) is 4.39 Å². The van der Waals surface area contributed by atoms with Crippen LogP contribution < -0.4 is 9.47 Å². The van der Waals surface area contributed by atoms with Crippen molar-refractivity contribution in [3.8, 4) is 11.5 Å². The number of carbonyl (C=O) groups excluding carboxylic acids is 3. The molecule has 2 aliphatic heterocycles. The highest BCUT2D eigenvalue weighted by atomic mass is 35.5. The largest absolute Gasteiger partial charge is 0.490 e. The van der Waals surface area contributed by atoms with Crippen LogP contribution in [-0.4, -0.2) is 53.1 Å². The van der Waals surface area contributed by atoms with Crippen LogP contribution in [0.1, 0.15) is 30.9 Å². The van der Waals surface area contributed by atoms with Crippen LogP contribution in [0.25, 0.3) is 6.08 Å². The van der Waals surface area contributed by atoms with Crippen molar-refractivity contribution in [2.24, 2.45) is 0 Å². The molecule has 4 rings (SSSR count). The van der Waals surface area contributed by atoms with E-state index in [9.17, 15) is 18.8 Å². The van der Waals surface area contributed by atoms with E-state index in [1.54, 1.807) is 35.2 Å². The molecule has 2 heterocycles. The van der Waals surface area contributed by atoms with Crippen molar-refractivity contribution in [3.05, 3.63) is 63.3 Å². The molecule has 2 aromatic carbocycles. The molecule has 2 saturated heterocycles. The second-order valence-electron chi connectivity index (χ2n) is 8.03. The molecule has 7 nitrogen and oxygen atoms in total. The van der Waals surface area contributed by atoms with Gasteiger partial charge in [0.15, 0.2) is 11.5 Å². The van der Waals surface area contributed by atoms with Crippen molar-refractivity contribution in [1.82, 2.24) is 9.80 Å². The lowest BCUT2D eigenvalue weighted by Gasteiger charge is -2.18. The Kier molecular flexibility index (Phi) is 7.97. The Hall–Kier alpha value is -3.04. The van der Waals surface area contributed by atoms with Gasteiger partial charge in [0.2, 0.25) is 5.91 Å². The number of imide groups is 1. The fraction of sp³-hybridized carbons (Fsp3) is 0.320. The molecule has 0 radical (unpaired) electrons. The minimum absolute atomic E-state index is 0.156. The molecular formula is C25H24ClFN2O5S. The molecule has 0 N–H and O–H groups in total. The highest BCUT2D eigenvalue weighted by Gasteiger charge is 2.37. The zero-order valence-corrected chi connectivity index (χ0v) is 20.7. The molecule has 0 aliphatic carbocycles. The van der Waals surface area contributed by atoms with E-state index in [0.29, 0.717) is 36.8 Å². The smallest absolute Gasteiger partial charge is 0.294 e. The van der Waals surface area contributed by atoms with Crippen molar-refractivity contribution < 1.29 is 28.2 Å². The number of hydrogen-bond donors (Lipinski definition) is 0. The summed E-state index contributed by atoms with van der Waals surface area (Å²) in [4.78, 5) is 40.5. The van der Waals surface area contributed by atoms with Gasteiger partial charge in [0.05, 0.1) is 16.5 Å². The predicted molar refractivity (Wildman–Crippen MR) is 132 cm³/mol. The van der Waals surface area contributed by atoms with Crippen molar-refractivity contribution in [2.45, 2.75) is 26.4 Å². The van der Waals surface area contributed by atoms with Gasteiger partial charge in [-0.15, -0.1) is 0 Å². The van der Waals surface area contributed by atoms with Crippen LogP contribution in [0.5, 0.6) is 11.5 Å². The molecule has 2 fully saturated rings. The molecule has 0 aromatic heterocycles.